The van der Waals surface area contributed by atoms with Gasteiger partial charge in [-0.15, -0.1) is 0 Å². The summed E-state index contributed by atoms with van der Waals surface area (Å²) in [6.07, 6.45) is 2.04. The SMILES string of the molecule is COc1ccc(OC)c(C2C(C(=O)Nc3ccc(C)cc3)=C(C)NC3=C2C(=O)CCC3)c1. The number of hydrogen-bond acceptors (Lipinski definition) is 5. The second-order valence-electron chi connectivity index (χ2n) is 8.19. The van der Waals surface area contributed by atoms with E-state index < -0.39 is 5.92 Å². The van der Waals surface area contributed by atoms with Crippen molar-refractivity contribution in [2.75, 3.05) is 19.5 Å². The number of dihydropyridines is 1. The number of aryl methyl sites for hydroxylation is 1. The smallest absolute Gasteiger partial charge is 0.254 e. The van der Waals surface area contributed by atoms with E-state index in [9.17, 15) is 9.59 Å². The van der Waals surface area contributed by atoms with Gasteiger partial charge in [0.25, 0.3) is 5.91 Å². The van der Waals surface area contributed by atoms with Gasteiger partial charge in [0.1, 0.15) is 11.5 Å². The van der Waals surface area contributed by atoms with Crippen LogP contribution in [-0.4, -0.2) is 25.9 Å². The molecule has 2 aromatic rings. The summed E-state index contributed by atoms with van der Waals surface area (Å²) in [6, 6.07) is 13.1. The molecule has 1 atom stereocenters. The van der Waals surface area contributed by atoms with E-state index >= 15 is 0 Å². The maximum Gasteiger partial charge on any atom is 0.254 e. The Morgan fingerprint density at radius 3 is 2.47 bits per heavy atom. The summed E-state index contributed by atoms with van der Waals surface area (Å²) in [5, 5.41) is 6.35. The van der Waals surface area contributed by atoms with Crippen LogP contribution >= 0.6 is 0 Å². The maximum absolute atomic E-state index is 13.6. The molecule has 4 rings (SSSR count). The van der Waals surface area contributed by atoms with Crippen LogP contribution in [0.3, 0.4) is 0 Å². The number of Topliss-reactive ketones (excluding diaryl/α,β-unsaturated/α-hetero) is 1. The second-order valence-corrected chi connectivity index (χ2v) is 8.19. The highest BCUT2D eigenvalue weighted by Gasteiger charge is 2.39. The van der Waals surface area contributed by atoms with Crippen molar-refractivity contribution in [1.29, 1.82) is 0 Å². The van der Waals surface area contributed by atoms with Crippen LogP contribution < -0.4 is 20.1 Å². The average Bonchev–Trinajstić information content (AvgIpc) is 2.79. The van der Waals surface area contributed by atoms with Crippen molar-refractivity contribution in [2.45, 2.75) is 39.0 Å². The van der Waals surface area contributed by atoms with Crippen LogP contribution in [0.1, 0.15) is 43.2 Å². The minimum Gasteiger partial charge on any atom is -0.497 e. The number of anilines is 1. The molecule has 0 aromatic heterocycles. The van der Waals surface area contributed by atoms with Crippen molar-refractivity contribution in [2.24, 2.45) is 0 Å². The third-order valence-corrected chi connectivity index (χ3v) is 6.08. The van der Waals surface area contributed by atoms with Crippen LogP contribution in [0.4, 0.5) is 5.69 Å². The lowest BCUT2D eigenvalue weighted by molar-refractivity contribution is -0.116. The number of ketones is 1. The molecular formula is C26H28N2O4. The van der Waals surface area contributed by atoms with Gasteiger partial charge in [-0.05, 0) is 57.0 Å². The summed E-state index contributed by atoms with van der Waals surface area (Å²) in [6.45, 7) is 3.88. The third-order valence-electron chi connectivity index (χ3n) is 6.08. The van der Waals surface area contributed by atoms with Crippen molar-refractivity contribution < 1.29 is 19.1 Å². The average molecular weight is 433 g/mol. The van der Waals surface area contributed by atoms with Gasteiger partial charge in [-0.1, -0.05) is 17.7 Å². The molecule has 1 aliphatic heterocycles. The number of carbonyl (C=O) groups excluding carboxylic acids is 2. The van der Waals surface area contributed by atoms with Gasteiger partial charge >= 0.3 is 0 Å². The van der Waals surface area contributed by atoms with Gasteiger partial charge in [0.05, 0.1) is 20.1 Å². The fourth-order valence-electron chi connectivity index (χ4n) is 4.50. The number of allylic oxidation sites excluding steroid dienone is 3. The van der Waals surface area contributed by atoms with Crippen LogP contribution in [0, 0.1) is 6.92 Å². The molecule has 0 fully saturated rings. The van der Waals surface area contributed by atoms with E-state index in [2.05, 4.69) is 10.6 Å². The van der Waals surface area contributed by atoms with Gasteiger partial charge in [0.2, 0.25) is 0 Å². The molecule has 6 nitrogen and oxygen atoms in total. The number of rotatable bonds is 5. The molecule has 166 valence electrons. The van der Waals surface area contributed by atoms with E-state index in [1.165, 1.54) is 0 Å². The van der Waals surface area contributed by atoms with Crippen molar-refractivity contribution >= 4 is 17.4 Å². The van der Waals surface area contributed by atoms with Crippen LogP contribution in [0.15, 0.2) is 65.0 Å². The summed E-state index contributed by atoms with van der Waals surface area (Å²) in [5.41, 5.74) is 5.32. The van der Waals surface area contributed by atoms with Crippen LogP contribution in [0.25, 0.3) is 0 Å². The maximum atomic E-state index is 13.6. The predicted octanol–water partition coefficient (Wildman–Crippen LogP) is 4.62. The van der Waals surface area contributed by atoms with Gasteiger partial charge in [-0.3, -0.25) is 9.59 Å². The van der Waals surface area contributed by atoms with Crippen LogP contribution in [0.5, 0.6) is 11.5 Å². The highest BCUT2D eigenvalue weighted by molar-refractivity contribution is 6.10. The molecule has 1 heterocycles. The molecule has 32 heavy (non-hydrogen) atoms. The lowest BCUT2D eigenvalue weighted by atomic mass is 9.74. The van der Waals surface area contributed by atoms with Gasteiger partial charge in [0, 0.05) is 40.2 Å². The lowest BCUT2D eigenvalue weighted by Crippen LogP contribution is -2.35. The summed E-state index contributed by atoms with van der Waals surface area (Å²) in [4.78, 5) is 26.7. The summed E-state index contributed by atoms with van der Waals surface area (Å²) >= 11 is 0. The van der Waals surface area contributed by atoms with Gasteiger partial charge in [-0.25, -0.2) is 0 Å². The highest BCUT2D eigenvalue weighted by Crippen LogP contribution is 2.46. The predicted molar refractivity (Wildman–Crippen MR) is 124 cm³/mol. The molecule has 0 bridgehead atoms. The van der Waals surface area contributed by atoms with Gasteiger partial charge in [0.15, 0.2) is 5.78 Å². The molecule has 0 saturated carbocycles. The Balaban J connectivity index is 1.85. The van der Waals surface area contributed by atoms with Crippen molar-refractivity contribution in [3.63, 3.8) is 0 Å². The van der Waals surface area contributed by atoms with E-state index in [1.54, 1.807) is 14.2 Å². The quantitative estimate of drug-likeness (QED) is 0.721. The number of ether oxygens (including phenoxy) is 2. The molecule has 1 unspecified atom stereocenters. The van der Waals surface area contributed by atoms with Crippen LogP contribution in [0.2, 0.25) is 0 Å². The van der Waals surface area contributed by atoms with Gasteiger partial charge < -0.3 is 20.1 Å². The molecule has 6 heteroatoms. The minimum atomic E-state index is -0.547. The number of hydrogen-bond donors (Lipinski definition) is 2. The van der Waals surface area contributed by atoms with Gasteiger partial charge in [-0.2, -0.15) is 0 Å². The highest BCUT2D eigenvalue weighted by atomic mass is 16.5. The van der Waals surface area contributed by atoms with E-state index in [1.807, 2.05) is 56.3 Å². The summed E-state index contributed by atoms with van der Waals surface area (Å²) in [5.74, 6) is 0.506. The summed E-state index contributed by atoms with van der Waals surface area (Å²) < 4.78 is 11.1. The Morgan fingerprint density at radius 2 is 1.78 bits per heavy atom. The Morgan fingerprint density at radius 1 is 1.03 bits per heavy atom. The molecule has 2 aromatic carbocycles. The zero-order valence-corrected chi connectivity index (χ0v) is 18.9. The Hall–Kier alpha value is -3.54. The molecule has 2 aliphatic rings. The molecule has 0 radical (unpaired) electrons. The zero-order valence-electron chi connectivity index (χ0n) is 18.9. The molecule has 1 amide bonds. The first-order valence-electron chi connectivity index (χ1n) is 10.8. The number of benzene rings is 2. The number of amides is 1. The molecular weight excluding hydrogens is 404 g/mol. The largest absolute Gasteiger partial charge is 0.497 e. The first-order valence-corrected chi connectivity index (χ1v) is 10.8. The third kappa shape index (κ3) is 4.00. The van der Waals surface area contributed by atoms with E-state index in [-0.39, 0.29) is 11.7 Å². The van der Waals surface area contributed by atoms with Crippen molar-refractivity contribution in [3.8, 4) is 11.5 Å². The fourth-order valence-corrected chi connectivity index (χ4v) is 4.50. The Bertz CT molecular complexity index is 1130. The topological polar surface area (TPSA) is 76.7 Å². The van der Waals surface area contributed by atoms with Crippen LogP contribution in [-0.2, 0) is 9.59 Å². The zero-order chi connectivity index (χ0) is 22.8. The van der Waals surface area contributed by atoms with E-state index in [0.717, 1.165) is 35.4 Å². The molecule has 1 aliphatic carbocycles. The second kappa shape index (κ2) is 8.91. The molecule has 2 N–H and O–H groups in total. The number of carbonyl (C=O) groups is 2. The van der Waals surface area contributed by atoms with Crippen molar-refractivity contribution in [1.82, 2.24) is 5.32 Å². The monoisotopic (exact) mass is 432 g/mol. The Labute approximate surface area is 188 Å². The first kappa shape index (κ1) is 21.7. The Kier molecular flexibility index (Phi) is 6.04. The molecule has 0 spiro atoms. The lowest BCUT2D eigenvalue weighted by Gasteiger charge is -2.35. The minimum absolute atomic E-state index is 0.0572. The normalized spacial score (nSPS) is 18.1. The number of methoxy groups -OCH3 is 2. The molecule has 0 saturated heterocycles. The standard InChI is InChI=1S/C26H28N2O4/c1-15-8-10-17(11-9-15)28-26(30)23-16(2)27-20-6-5-7-21(29)25(20)24(23)19-14-18(31-3)12-13-22(19)32-4/h8-14,24,27H,5-7H2,1-4H3,(H,28,30). The number of nitrogens with one attached hydrogen (secondary N) is 2. The first-order chi connectivity index (χ1) is 15.4. The summed E-state index contributed by atoms with van der Waals surface area (Å²) in [7, 11) is 3.18. The van der Waals surface area contributed by atoms with Crippen molar-refractivity contribution in [3.05, 3.63) is 76.1 Å². The van der Waals surface area contributed by atoms with E-state index in [4.69, 9.17) is 9.47 Å². The fraction of sp³-hybridized carbons (Fsp3) is 0.308. The van der Waals surface area contributed by atoms with E-state index in [0.29, 0.717) is 34.8 Å².